The minimum atomic E-state index is -0.302. The van der Waals surface area contributed by atoms with E-state index in [1.807, 2.05) is 24.3 Å². The Labute approximate surface area is 172 Å². The third kappa shape index (κ3) is 4.02. The molecule has 0 spiro atoms. The average molecular weight is 405 g/mol. The highest BCUT2D eigenvalue weighted by Gasteiger charge is 2.17. The van der Waals surface area contributed by atoms with Crippen molar-refractivity contribution in [2.24, 2.45) is 0 Å². The number of hydrogen-bond acceptors (Lipinski definition) is 7. The van der Waals surface area contributed by atoms with E-state index in [0.29, 0.717) is 46.6 Å². The van der Waals surface area contributed by atoms with Crippen molar-refractivity contribution in [3.8, 4) is 23.1 Å². The second-order valence-electron chi connectivity index (χ2n) is 6.34. The number of methoxy groups -OCH3 is 2. The summed E-state index contributed by atoms with van der Waals surface area (Å²) in [6, 6.07) is 15.9. The number of carbonyl (C=O) groups is 1. The van der Waals surface area contributed by atoms with E-state index in [-0.39, 0.29) is 5.91 Å². The first-order chi connectivity index (χ1) is 14.7. The number of hydrogen-bond donors (Lipinski definition) is 1. The van der Waals surface area contributed by atoms with E-state index in [0.717, 1.165) is 5.56 Å². The average Bonchev–Trinajstić information content (AvgIpc) is 3.46. The number of ether oxygens (including phenoxy) is 2. The topological polar surface area (TPSA) is 99.6 Å². The summed E-state index contributed by atoms with van der Waals surface area (Å²) in [5, 5.41) is 6.86. The van der Waals surface area contributed by atoms with Gasteiger partial charge in [0.15, 0.2) is 5.76 Å². The van der Waals surface area contributed by atoms with Gasteiger partial charge in [0, 0.05) is 11.8 Å². The lowest BCUT2D eigenvalue weighted by molar-refractivity contribution is 0.102. The molecule has 2 aromatic heterocycles. The van der Waals surface area contributed by atoms with Crippen LogP contribution in [-0.2, 0) is 6.42 Å². The van der Waals surface area contributed by atoms with Crippen molar-refractivity contribution in [3.05, 3.63) is 77.9 Å². The predicted octanol–water partition coefficient (Wildman–Crippen LogP) is 4.19. The molecule has 0 aliphatic heterocycles. The lowest BCUT2D eigenvalue weighted by Crippen LogP contribution is -2.14. The van der Waals surface area contributed by atoms with Gasteiger partial charge in [-0.2, -0.15) is 4.98 Å². The number of nitrogens with one attached hydrogen (secondary N) is 1. The Morgan fingerprint density at radius 3 is 2.70 bits per heavy atom. The monoisotopic (exact) mass is 405 g/mol. The van der Waals surface area contributed by atoms with Crippen LogP contribution in [-0.4, -0.2) is 30.3 Å². The molecule has 0 saturated heterocycles. The first-order valence-corrected chi connectivity index (χ1v) is 9.15. The maximum Gasteiger partial charge on any atom is 0.259 e. The molecular weight excluding hydrogens is 386 g/mol. The van der Waals surface area contributed by atoms with Crippen molar-refractivity contribution in [2.45, 2.75) is 6.42 Å². The van der Waals surface area contributed by atoms with Crippen LogP contribution in [0.3, 0.4) is 0 Å². The summed E-state index contributed by atoms with van der Waals surface area (Å²) in [5.74, 6) is 2.03. The van der Waals surface area contributed by atoms with E-state index in [2.05, 4.69) is 15.5 Å². The van der Waals surface area contributed by atoms with Gasteiger partial charge in [-0.3, -0.25) is 4.79 Å². The molecule has 0 unspecified atom stereocenters. The molecule has 0 fully saturated rings. The highest BCUT2D eigenvalue weighted by atomic mass is 16.5. The zero-order valence-corrected chi connectivity index (χ0v) is 16.4. The summed E-state index contributed by atoms with van der Waals surface area (Å²) >= 11 is 0. The zero-order valence-electron chi connectivity index (χ0n) is 16.4. The molecule has 0 aliphatic rings. The SMILES string of the molecule is COc1ccc(C(=O)Nc2ccccc2Cc2nc(-c3ccco3)no2)c(OC)c1. The normalized spacial score (nSPS) is 10.6. The van der Waals surface area contributed by atoms with Crippen LogP contribution in [0.4, 0.5) is 5.69 Å². The van der Waals surface area contributed by atoms with E-state index in [1.165, 1.54) is 7.11 Å². The fraction of sp³-hybridized carbons (Fsp3) is 0.136. The molecule has 0 saturated carbocycles. The molecule has 152 valence electrons. The van der Waals surface area contributed by atoms with Gasteiger partial charge in [-0.05, 0) is 35.9 Å². The molecule has 0 bridgehead atoms. The molecule has 1 N–H and O–H groups in total. The fourth-order valence-corrected chi connectivity index (χ4v) is 2.97. The lowest BCUT2D eigenvalue weighted by atomic mass is 10.1. The van der Waals surface area contributed by atoms with Gasteiger partial charge in [0.2, 0.25) is 11.7 Å². The molecule has 0 aliphatic carbocycles. The molecule has 2 aromatic carbocycles. The number of amides is 1. The smallest absolute Gasteiger partial charge is 0.259 e. The molecule has 1 amide bonds. The number of para-hydroxylation sites is 1. The number of rotatable bonds is 7. The number of aromatic nitrogens is 2. The van der Waals surface area contributed by atoms with Crippen LogP contribution in [0.5, 0.6) is 11.5 Å². The Kier molecular flexibility index (Phi) is 5.47. The maximum atomic E-state index is 12.9. The minimum absolute atomic E-state index is 0.302. The fourth-order valence-electron chi connectivity index (χ4n) is 2.97. The van der Waals surface area contributed by atoms with Gasteiger partial charge in [0.25, 0.3) is 5.91 Å². The Morgan fingerprint density at radius 2 is 1.93 bits per heavy atom. The van der Waals surface area contributed by atoms with Crippen LogP contribution in [0.1, 0.15) is 21.8 Å². The second-order valence-corrected chi connectivity index (χ2v) is 6.34. The summed E-state index contributed by atoms with van der Waals surface area (Å²) in [7, 11) is 3.06. The molecule has 0 atom stereocenters. The van der Waals surface area contributed by atoms with Gasteiger partial charge in [-0.25, -0.2) is 0 Å². The van der Waals surface area contributed by atoms with Crippen molar-refractivity contribution in [1.29, 1.82) is 0 Å². The van der Waals surface area contributed by atoms with Crippen LogP contribution in [0.15, 0.2) is 69.8 Å². The molecule has 0 radical (unpaired) electrons. The summed E-state index contributed by atoms with van der Waals surface area (Å²) in [4.78, 5) is 17.2. The van der Waals surface area contributed by atoms with E-state index >= 15 is 0 Å². The van der Waals surface area contributed by atoms with E-state index in [4.69, 9.17) is 18.4 Å². The van der Waals surface area contributed by atoms with E-state index in [1.54, 1.807) is 43.7 Å². The van der Waals surface area contributed by atoms with Gasteiger partial charge in [0.05, 0.1) is 32.5 Å². The van der Waals surface area contributed by atoms with Gasteiger partial charge >= 0.3 is 0 Å². The zero-order chi connectivity index (χ0) is 20.9. The highest BCUT2D eigenvalue weighted by molar-refractivity contribution is 6.06. The molecule has 4 aromatic rings. The molecule has 8 heteroatoms. The van der Waals surface area contributed by atoms with Crippen LogP contribution < -0.4 is 14.8 Å². The number of anilines is 1. The Balaban J connectivity index is 1.55. The van der Waals surface area contributed by atoms with E-state index < -0.39 is 0 Å². The molecular formula is C22H19N3O5. The first-order valence-electron chi connectivity index (χ1n) is 9.15. The van der Waals surface area contributed by atoms with Crippen molar-refractivity contribution >= 4 is 11.6 Å². The summed E-state index contributed by atoms with van der Waals surface area (Å²) in [6.45, 7) is 0. The first kappa shape index (κ1) is 19.3. The van der Waals surface area contributed by atoms with Crippen LogP contribution in [0.2, 0.25) is 0 Å². The van der Waals surface area contributed by atoms with Crippen LogP contribution in [0.25, 0.3) is 11.6 Å². The quantitative estimate of drug-likeness (QED) is 0.492. The minimum Gasteiger partial charge on any atom is -0.497 e. The number of nitrogens with zero attached hydrogens (tertiary/aromatic N) is 2. The van der Waals surface area contributed by atoms with Gasteiger partial charge in [0.1, 0.15) is 11.5 Å². The third-order valence-corrected chi connectivity index (χ3v) is 4.47. The molecule has 30 heavy (non-hydrogen) atoms. The van der Waals surface area contributed by atoms with Crippen molar-refractivity contribution < 1.29 is 23.2 Å². The van der Waals surface area contributed by atoms with E-state index in [9.17, 15) is 4.79 Å². The Morgan fingerprint density at radius 1 is 1.07 bits per heavy atom. The van der Waals surface area contributed by atoms with Crippen LogP contribution in [0, 0.1) is 0 Å². The molecule has 8 nitrogen and oxygen atoms in total. The number of benzene rings is 2. The highest BCUT2D eigenvalue weighted by Crippen LogP contribution is 2.27. The van der Waals surface area contributed by atoms with Gasteiger partial charge in [-0.15, -0.1) is 0 Å². The van der Waals surface area contributed by atoms with Gasteiger partial charge in [-0.1, -0.05) is 23.4 Å². The molecule has 4 rings (SSSR count). The lowest BCUT2D eigenvalue weighted by Gasteiger charge is -2.13. The third-order valence-electron chi connectivity index (χ3n) is 4.47. The number of carbonyl (C=O) groups excluding carboxylic acids is 1. The second kappa shape index (κ2) is 8.52. The Hall–Kier alpha value is -4.07. The summed E-state index contributed by atoms with van der Waals surface area (Å²) in [5.41, 5.74) is 1.86. The largest absolute Gasteiger partial charge is 0.497 e. The summed E-state index contributed by atoms with van der Waals surface area (Å²) < 4.78 is 21.1. The van der Waals surface area contributed by atoms with Crippen LogP contribution >= 0.6 is 0 Å². The Bertz CT molecular complexity index is 1150. The maximum absolute atomic E-state index is 12.9. The van der Waals surface area contributed by atoms with Crippen molar-refractivity contribution in [3.63, 3.8) is 0 Å². The van der Waals surface area contributed by atoms with Crippen molar-refractivity contribution in [2.75, 3.05) is 19.5 Å². The standard InChI is InChI=1S/C22H19N3O5/c1-27-15-9-10-16(19(13-15)28-2)22(26)23-17-7-4-3-6-14(17)12-20-24-21(25-30-20)18-8-5-11-29-18/h3-11,13H,12H2,1-2H3,(H,23,26). The van der Waals surface area contributed by atoms with Gasteiger partial charge < -0.3 is 23.7 Å². The number of furan rings is 1. The van der Waals surface area contributed by atoms with Crippen molar-refractivity contribution in [1.82, 2.24) is 10.1 Å². The molecule has 2 heterocycles. The summed E-state index contributed by atoms with van der Waals surface area (Å²) in [6.07, 6.45) is 1.90. The predicted molar refractivity (Wildman–Crippen MR) is 109 cm³/mol.